The molecule has 0 saturated carbocycles. The van der Waals surface area contributed by atoms with Gasteiger partial charge in [-0.25, -0.2) is 4.98 Å². The van der Waals surface area contributed by atoms with Crippen LogP contribution in [0.15, 0.2) is 12.1 Å². The van der Waals surface area contributed by atoms with Crippen LogP contribution in [0.1, 0.15) is 37.9 Å². The molecule has 1 aromatic heterocycles. The maximum atomic E-state index is 12.7. The van der Waals surface area contributed by atoms with E-state index < -0.39 is 11.9 Å². The van der Waals surface area contributed by atoms with Crippen molar-refractivity contribution in [3.63, 3.8) is 0 Å². The molecule has 7 heteroatoms. The lowest BCUT2D eigenvalue weighted by atomic mass is 10.0. The Morgan fingerprint density at radius 1 is 1.29 bits per heavy atom. The van der Waals surface area contributed by atoms with Gasteiger partial charge < -0.3 is 9.47 Å². The standard InChI is InChI=1S/C14H15F3N2O2/c1-8-5-11(6-9(2)20-8)21-13-10(7-18)3-4-12(19-13)14(15,16)17/h3-4,8-9,11H,5-6H2,1-2H3. The minimum atomic E-state index is -4.57. The molecule has 1 aliphatic heterocycles. The van der Waals surface area contributed by atoms with Gasteiger partial charge >= 0.3 is 6.18 Å². The maximum absolute atomic E-state index is 12.7. The van der Waals surface area contributed by atoms with Crippen LogP contribution in [-0.4, -0.2) is 23.3 Å². The van der Waals surface area contributed by atoms with E-state index in [1.54, 1.807) is 6.07 Å². The minimum absolute atomic E-state index is 0.00482. The van der Waals surface area contributed by atoms with Crippen molar-refractivity contribution < 1.29 is 22.6 Å². The number of rotatable bonds is 2. The molecule has 2 atom stereocenters. The van der Waals surface area contributed by atoms with Crippen LogP contribution >= 0.6 is 0 Å². The van der Waals surface area contributed by atoms with Gasteiger partial charge in [-0.15, -0.1) is 0 Å². The largest absolute Gasteiger partial charge is 0.473 e. The topological polar surface area (TPSA) is 55.1 Å². The van der Waals surface area contributed by atoms with Gasteiger partial charge in [0.1, 0.15) is 23.4 Å². The van der Waals surface area contributed by atoms with E-state index in [1.165, 1.54) is 0 Å². The molecule has 1 fully saturated rings. The monoisotopic (exact) mass is 300 g/mol. The summed E-state index contributed by atoms with van der Waals surface area (Å²) >= 11 is 0. The predicted molar refractivity (Wildman–Crippen MR) is 67.6 cm³/mol. The van der Waals surface area contributed by atoms with Crippen molar-refractivity contribution in [1.82, 2.24) is 4.98 Å². The number of aromatic nitrogens is 1. The second-order valence-corrected chi connectivity index (χ2v) is 5.13. The molecule has 1 saturated heterocycles. The Bertz CT molecular complexity index is 544. The predicted octanol–water partition coefficient (Wildman–Crippen LogP) is 3.31. The number of nitrogens with zero attached hydrogens (tertiary/aromatic N) is 2. The molecule has 2 heterocycles. The van der Waals surface area contributed by atoms with E-state index in [-0.39, 0.29) is 29.8 Å². The highest BCUT2D eigenvalue weighted by Crippen LogP contribution is 2.31. The summed E-state index contributed by atoms with van der Waals surface area (Å²) in [6.45, 7) is 3.74. The van der Waals surface area contributed by atoms with Crippen molar-refractivity contribution in [2.75, 3.05) is 0 Å². The van der Waals surface area contributed by atoms with Gasteiger partial charge in [-0.05, 0) is 26.0 Å². The Hall–Kier alpha value is -1.81. The number of halogens is 3. The van der Waals surface area contributed by atoms with Gasteiger partial charge in [0.2, 0.25) is 5.88 Å². The number of ether oxygens (including phenoxy) is 2. The quantitative estimate of drug-likeness (QED) is 0.841. The van der Waals surface area contributed by atoms with E-state index in [1.807, 2.05) is 13.8 Å². The van der Waals surface area contributed by atoms with Crippen molar-refractivity contribution >= 4 is 0 Å². The zero-order valence-electron chi connectivity index (χ0n) is 11.6. The fourth-order valence-electron chi connectivity index (χ4n) is 2.37. The average molecular weight is 300 g/mol. The van der Waals surface area contributed by atoms with Crippen LogP contribution in [0, 0.1) is 11.3 Å². The first kappa shape index (κ1) is 15.6. The molecule has 0 radical (unpaired) electrons. The Morgan fingerprint density at radius 3 is 2.43 bits per heavy atom. The molecule has 0 aromatic carbocycles. The van der Waals surface area contributed by atoms with E-state index in [0.717, 1.165) is 12.1 Å². The molecule has 1 aliphatic rings. The zero-order valence-corrected chi connectivity index (χ0v) is 11.6. The van der Waals surface area contributed by atoms with Gasteiger partial charge in [-0.1, -0.05) is 0 Å². The number of alkyl halides is 3. The summed E-state index contributed by atoms with van der Waals surface area (Å²) in [6.07, 6.45) is -3.88. The lowest BCUT2D eigenvalue weighted by Crippen LogP contribution is -2.36. The molecule has 2 rings (SSSR count). The van der Waals surface area contributed by atoms with Crippen LogP contribution in [0.2, 0.25) is 0 Å². The third-order valence-corrected chi connectivity index (χ3v) is 3.20. The van der Waals surface area contributed by atoms with Crippen molar-refractivity contribution in [3.05, 3.63) is 23.4 Å². The molecule has 0 spiro atoms. The Labute approximate surface area is 120 Å². The first-order chi connectivity index (χ1) is 9.79. The number of pyridine rings is 1. The summed E-state index contributed by atoms with van der Waals surface area (Å²) in [4.78, 5) is 3.45. The Balaban J connectivity index is 2.24. The van der Waals surface area contributed by atoms with E-state index >= 15 is 0 Å². The highest BCUT2D eigenvalue weighted by atomic mass is 19.4. The van der Waals surface area contributed by atoms with E-state index in [0.29, 0.717) is 12.8 Å². The second kappa shape index (κ2) is 5.90. The molecule has 21 heavy (non-hydrogen) atoms. The maximum Gasteiger partial charge on any atom is 0.433 e. The number of nitriles is 1. The van der Waals surface area contributed by atoms with Crippen LogP contribution in [-0.2, 0) is 10.9 Å². The molecule has 0 bridgehead atoms. The third kappa shape index (κ3) is 3.85. The third-order valence-electron chi connectivity index (χ3n) is 3.20. The van der Waals surface area contributed by atoms with Crippen molar-refractivity contribution in [2.24, 2.45) is 0 Å². The van der Waals surface area contributed by atoms with Crippen molar-refractivity contribution in [1.29, 1.82) is 5.26 Å². The Kier molecular flexibility index (Phi) is 4.37. The molecule has 0 amide bonds. The first-order valence-corrected chi connectivity index (χ1v) is 6.60. The van der Waals surface area contributed by atoms with Crippen LogP contribution in [0.25, 0.3) is 0 Å². The summed E-state index contributed by atoms with van der Waals surface area (Å²) < 4.78 is 49.1. The highest BCUT2D eigenvalue weighted by Gasteiger charge is 2.34. The molecular formula is C14H15F3N2O2. The van der Waals surface area contributed by atoms with Gasteiger partial charge in [0.15, 0.2) is 0 Å². The second-order valence-electron chi connectivity index (χ2n) is 5.13. The molecule has 0 aliphatic carbocycles. The van der Waals surface area contributed by atoms with Crippen LogP contribution < -0.4 is 4.74 Å². The average Bonchev–Trinajstić information content (AvgIpc) is 2.36. The lowest BCUT2D eigenvalue weighted by molar-refractivity contribution is -0.141. The summed E-state index contributed by atoms with van der Waals surface area (Å²) in [5, 5.41) is 8.97. The fourth-order valence-corrected chi connectivity index (χ4v) is 2.37. The van der Waals surface area contributed by atoms with Crippen LogP contribution in [0.4, 0.5) is 13.2 Å². The lowest BCUT2D eigenvalue weighted by Gasteiger charge is -2.32. The molecule has 1 aromatic rings. The van der Waals surface area contributed by atoms with Crippen LogP contribution in [0.3, 0.4) is 0 Å². The summed E-state index contributed by atoms with van der Waals surface area (Å²) in [5.41, 5.74) is -1.07. The molecule has 4 nitrogen and oxygen atoms in total. The van der Waals surface area contributed by atoms with Crippen molar-refractivity contribution in [3.8, 4) is 11.9 Å². The smallest absolute Gasteiger partial charge is 0.433 e. The van der Waals surface area contributed by atoms with Gasteiger partial charge in [0, 0.05) is 12.8 Å². The van der Waals surface area contributed by atoms with Gasteiger partial charge in [0.05, 0.1) is 12.2 Å². The Morgan fingerprint density at radius 2 is 1.90 bits per heavy atom. The first-order valence-electron chi connectivity index (χ1n) is 6.60. The van der Waals surface area contributed by atoms with Crippen LogP contribution in [0.5, 0.6) is 5.88 Å². The molecule has 2 unspecified atom stereocenters. The number of hydrogen-bond acceptors (Lipinski definition) is 4. The molecular weight excluding hydrogens is 285 g/mol. The SMILES string of the molecule is CC1CC(Oc2nc(C(F)(F)F)ccc2C#N)CC(C)O1. The van der Waals surface area contributed by atoms with E-state index in [9.17, 15) is 13.2 Å². The zero-order chi connectivity index (χ0) is 15.6. The summed E-state index contributed by atoms with van der Waals surface area (Å²) in [6, 6.07) is 3.66. The normalized spacial score (nSPS) is 26.2. The number of hydrogen-bond donors (Lipinski definition) is 0. The van der Waals surface area contributed by atoms with E-state index in [2.05, 4.69) is 4.98 Å². The summed E-state index contributed by atoms with van der Waals surface area (Å²) in [5.74, 6) is -0.265. The van der Waals surface area contributed by atoms with Gasteiger partial charge in [-0.2, -0.15) is 18.4 Å². The molecule has 114 valence electrons. The minimum Gasteiger partial charge on any atom is -0.473 e. The van der Waals surface area contributed by atoms with Gasteiger partial charge in [-0.3, -0.25) is 0 Å². The van der Waals surface area contributed by atoms with Gasteiger partial charge in [0.25, 0.3) is 0 Å². The highest BCUT2D eigenvalue weighted by molar-refractivity contribution is 5.39. The molecule has 0 N–H and O–H groups in total. The fraction of sp³-hybridized carbons (Fsp3) is 0.571. The van der Waals surface area contributed by atoms with E-state index in [4.69, 9.17) is 14.7 Å². The van der Waals surface area contributed by atoms with Crippen molar-refractivity contribution in [2.45, 2.75) is 51.2 Å². The summed E-state index contributed by atoms with van der Waals surface area (Å²) in [7, 11) is 0.